The van der Waals surface area contributed by atoms with Gasteiger partial charge in [0.2, 0.25) is 0 Å². The predicted octanol–water partition coefficient (Wildman–Crippen LogP) is -0.789. The molecular formula is C8H19N3OS. The number of rotatable bonds is 7. The van der Waals surface area contributed by atoms with Crippen LogP contribution in [0, 0.1) is 0 Å². The van der Waals surface area contributed by atoms with E-state index in [1.54, 1.807) is 6.26 Å². The maximum Gasteiger partial charge on any atom is 0.0449 e. The highest BCUT2D eigenvalue weighted by Gasteiger charge is 2.41. The predicted molar refractivity (Wildman–Crippen MR) is 56.0 cm³/mol. The lowest BCUT2D eigenvalue weighted by molar-refractivity contribution is 0.421. The summed E-state index contributed by atoms with van der Waals surface area (Å²) in [6.45, 7) is 1.81. The molecule has 0 amide bonds. The van der Waals surface area contributed by atoms with Crippen LogP contribution in [0.25, 0.3) is 0 Å². The fourth-order valence-electron chi connectivity index (χ4n) is 1.31. The van der Waals surface area contributed by atoms with E-state index >= 15 is 0 Å². The first-order chi connectivity index (χ1) is 6.18. The molecular weight excluding hydrogens is 186 g/mol. The average Bonchev–Trinajstić information content (AvgIpc) is 2.80. The number of hydrogen-bond donors (Lipinski definition) is 3. The molecule has 4 nitrogen and oxygen atoms in total. The van der Waals surface area contributed by atoms with Gasteiger partial charge in [-0.2, -0.15) is 0 Å². The Morgan fingerprint density at radius 3 is 2.62 bits per heavy atom. The minimum Gasteiger partial charge on any atom is -0.314 e. The van der Waals surface area contributed by atoms with Crippen LogP contribution in [0.15, 0.2) is 0 Å². The summed E-state index contributed by atoms with van der Waals surface area (Å²) in [6.07, 6.45) is 4.17. The highest BCUT2D eigenvalue weighted by atomic mass is 32.2. The molecule has 1 aliphatic carbocycles. The van der Waals surface area contributed by atoms with Crippen molar-refractivity contribution in [2.45, 2.75) is 18.4 Å². The Morgan fingerprint density at radius 1 is 1.46 bits per heavy atom. The molecule has 1 unspecified atom stereocenters. The first kappa shape index (κ1) is 11.1. The normalized spacial score (nSPS) is 21.4. The summed E-state index contributed by atoms with van der Waals surface area (Å²) < 4.78 is 10.8. The van der Waals surface area contributed by atoms with Crippen LogP contribution in [0.5, 0.6) is 0 Å². The molecule has 0 radical (unpaired) electrons. The van der Waals surface area contributed by atoms with E-state index in [0.717, 1.165) is 18.8 Å². The molecule has 0 bridgehead atoms. The zero-order chi connectivity index (χ0) is 9.73. The Kier molecular flexibility index (Phi) is 4.31. The fraction of sp³-hybridized carbons (Fsp3) is 1.00. The molecule has 1 atom stereocenters. The lowest BCUT2D eigenvalue weighted by Gasteiger charge is -2.16. The quantitative estimate of drug-likeness (QED) is 0.377. The molecule has 1 rings (SSSR count). The van der Waals surface area contributed by atoms with Crippen molar-refractivity contribution in [2.75, 3.05) is 32.1 Å². The van der Waals surface area contributed by atoms with Gasteiger partial charge in [0.05, 0.1) is 0 Å². The van der Waals surface area contributed by atoms with Crippen molar-refractivity contribution in [3.05, 3.63) is 0 Å². The van der Waals surface area contributed by atoms with Crippen molar-refractivity contribution in [1.29, 1.82) is 0 Å². The molecule has 0 saturated heterocycles. The molecule has 1 fully saturated rings. The van der Waals surface area contributed by atoms with Gasteiger partial charge in [0.25, 0.3) is 0 Å². The monoisotopic (exact) mass is 205 g/mol. The molecule has 1 aliphatic rings. The highest BCUT2D eigenvalue weighted by Crippen LogP contribution is 2.33. The van der Waals surface area contributed by atoms with Gasteiger partial charge in [0, 0.05) is 41.4 Å². The Hall–Kier alpha value is 0.0300. The Balaban J connectivity index is 2.02. The molecule has 0 aromatic carbocycles. The second kappa shape index (κ2) is 5.05. The van der Waals surface area contributed by atoms with Gasteiger partial charge < -0.3 is 5.32 Å². The van der Waals surface area contributed by atoms with Crippen LogP contribution in [0.3, 0.4) is 0 Å². The standard InChI is InChI=1S/C8H19N3OS/c1-9-11-8(3-4-8)7-10-5-6-13(2)12/h9-11H,3-7H2,1-2H3. The zero-order valence-corrected chi connectivity index (χ0v) is 9.17. The molecule has 0 spiro atoms. The topological polar surface area (TPSA) is 53.2 Å². The Bertz CT molecular complexity index is 182. The summed E-state index contributed by atoms with van der Waals surface area (Å²) in [5, 5.41) is 3.31. The van der Waals surface area contributed by atoms with E-state index in [1.165, 1.54) is 12.8 Å². The van der Waals surface area contributed by atoms with Crippen LogP contribution < -0.4 is 16.2 Å². The van der Waals surface area contributed by atoms with Gasteiger partial charge in [-0.15, -0.1) is 0 Å². The Labute approximate surface area is 82.3 Å². The van der Waals surface area contributed by atoms with E-state index in [2.05, 4.69) is 16.2 Å². The van der Waals surface area contributed by atoms with Crippen LogP contribution >= 0.6 is 0 Å². The third-order valence-electron chi connectivity index (χ3n) is 2.27. The van der Waals surface area contributed by atoms with Crippen molar-refractivity contribution in [1.82, 2.24) is 16.2 Å². The molecule has 0 aliphatic heterocycles. The highest BCUT2D eigenvalue weighted by molar-refractivity contribution is 7.84. The van der Waals surface area contributed by atoms with Crippen LogP contribution in [-0.4, -0.2) is 41.9 Å². The van der Waals surface area contributed by atoms with Crippen molar-refractivity contribution >= 4 is 10.8 Å². The first-order valence-electron chi connectivity index (χ1n) is 4.63. The van der Waals surface area contributed by atoms with Gasteiger partial charge in [0.1, 0.15) is 0 Å². The first-order valence-corrected chi connectivity index (χ1v) is 6.36. The summed E-state index contributed by atoms with van der Waals surface area (Å²) in [4.78, 5) is 0. The van der Waals surface area contributed by atoms with E-state index in [-0.39, 0.29) is 5.54 Å². The van der Waals surface area contributed by atoms with E-state index in [9.17, 15) is 4.21 Å². The fourth-order valence-corrected chi connectivity index (χ4v) is 1.74. The van der Waals surface area contributed by atoms with Crippen LogP contribution in [0.4, 0.5) is 0 Å². The van der Waals surface area contributed by atoms with Crippen LogP contribution in [0.1, 0.15) is 12.8 Å². The smallest absolute Gasteiger partial charge is 0.0449 e. The maximum absolute atomic E-state index is 10.8. The minimum atomic E-state index is -0.676. The second-order valence-corrected chi connectivity index (χ2v) is 5.16. The molecule has 13 heavy (non-hydrogen) atoms. The minimum absolute atomic E-state index is 0.268. The van der Waals surface area contributed by atoms with Gasteiger partial charge in [0.15, 0.2) is 0 Å². The largest absolute Gasteiger partial charge is 0.314 e. The summed E-state index contributed by atoms with van der Waals surface area (Å²) >= 11 is 0. The zero-order valence-electron chi connectivity index (χ0n) is 8.35. The van der Waals surface area contributed by atoms with Crippen molar-refractivity contribution < 1.29 is 4.21 Å². The van der Waals surface area contributed by atoms with E-state index in [0.29, 0.717) is 0 Å². The number of nitrogens with one attached hydrogen (secondary N) is 3. The van der Waals surface area contributed by atoms with Gasteiger partial charge in [-0.25, -0.2) is 0 Å². The maximum atomic E-state index is 10.8. The third-order valence-corrected chi connectivity index (χ3v) is 3.05. The van der Waals surface area contributed by atoms with Crippen molar-refractivity contribution in [3.63, 3.8) is 0 Å². The van der Waals surface area contributed by atoms with Gasteiger partial charge >= 0.3 is 0 Å². The van der Waals surface area contributed by atoms with Gasteiger partial charge in [-0.05, 0) is 19.9 Å². The lowest BCUT2D eigenvalue weighted by Crippen LogP contribution is -2.47. The van der Waals surface area contributed by atoms with Crippen LogP contribution in [0.2, 0.25) is 0 Å². The van der Waals surface area contributed by atoms with Crippen molar-refractivity contribution in [3.8, 4) is 0 Å². The van der Waals surface area contributed by atoms with Crippen LogP contribution in [-0.2, 0) is 10.8 Å². The molecule has 5 heteroatoms. The number of hydrogen-bond acceptors (Lipinski definition) is 4. The van der Waals surface area contributed by atoms with Crippen molar-refractivity contribution in [2.24, 2.45) is 0 Å². The lowest BCUT2D eigenvalue weighted by atomic mass is 10.3. The Morgan fingerprint density at radius 2 is 2.15 bits per heavy atom. The summed E-state index contributed by atoms with van der Waals surface area (Å²) in [6, 6.07) is 0. The van der Waals surface area contributed by atoms with Gasteiger partial charge in [-0.3, -0.25) is 15.1 Å². The average molecular weight is 205 g/mol. The number of hydrazine groups is 1. The van der Waals surface area contributed by atoms with E-state index < -0.39 is 10.8 Å². The molecule has 3 N–H and O–H groups in total. The molecule has 0 heterocycles. The summed E-state index contributed by atoms with van der Waals surface area (Å²) in [5.41, 5.74) is 6.47. The van der Waals surface area contributed by atoms with E-state index in [1.807, 2.05) is 7.05 Å². The molecule has 78 valence electrons. The van der Waals surface area contributed by atoms with E-state index in [4.69, 9.17) is 0 Å². The molecule has 1 saturated carbocycles. The summed E-state index contributed by atoms with van der Waals surface area (Å²) in [5.74, 6) is 0.746. The third kappa shape index (κ3) is 4.17. The SMILES string of the molecule is CNNC1(CNCCS(C)=O)CC1. The second-order valence-electron chi connectivity index (χ2n) is 3.61. The molecule has 0 aromatic heterocycles. The molecule has 0 aromatic rings. The van der Waals surface area contributed by atoms with Gasteiger partial charge in [-0.1, -0.05) is 0 Å². The summed E-state index contributed by atoms with van der Waals surface area (Å²) in [7, 11) is 1.21.